The summed E-state index contributed by atoms with van der Waals surface area (Å²) in [6.45, 7) is 6.34. The summed E-state index contributed by atoms with van der Waals surface area (Å²) in [7, 11) is 1.43. The number of hydrogen-bond donors (Lipinski definition) is 0. The van der Waals surface area contributed by atoms with E-state index in [1.54, 1.807) is 0 Å². The highest BCUT2D eigenvalue weighted by molar-refractivity contribution is 7.12. The first kappa shape index (κ1) is 11.2. The van der Waals surface area contributed by atoms with Crippen LogP contribution in [0.15, 0.2) is 5.38 Å². The molecule has 1 heterocycles. The summed E-state index contributed by atoms with van der Waals surface area (Å²) in [5.74, 6) is 0.352. The number of carbonyl (C=O) groups is 1. The molecule has 0 fully saturated rings. The van der Waals surface area contributed by atoms with Gasteiger partial charge < -0.3 is 4.74 Å². The number of thiophene rings is 1. The predicted molar refractivity (Wildman–Crippen MR) is 58.9 cm³/mol. The molecule has 0 unspecified atom stereocenters. The number of esters is 1. The molecule has 0 N–H and O–H groups in total. The summed E-state index contributed by atoms with van der Waals surface area (Å²) in [6.07, 6.45) is 0.944. The van der Waals surface area contributed by atoms with Crippen molar-refractivity contribution in [3.05, 3.63) is 21.4 Å². The minimum absolute atomic E-state index is 0.209. The minimum atomic E-state index is -0.209. The molecule has 1 aromatic heterocycles. The molecule has 0 amide bonds. The number of carbonyl (C=O) groups excluding carboxylic acids is 1. The molecule has 0 atom stereocenters. The van der Waals surface area contributed by atoms with Crippen LogP contribution in [0.2, 0.25) is 0 Å². The Morgan fingerprint density at radius 3 is 2.71 bits per heavy atom. The Labute approximate surface area is 88.9 Å². The van der Waals surface area contributed by atoms with Crippen LogP contribution in [0.4, 0.5) is 0 Å². The molecule has 78 valence electrons. The van der Waals surface area contributed by atoms with Crippen molar-refractivity contribution in [2.24, 2.45) is 5.92 Å². The first-order valence-electron chi connectivity index (χ1n) is 4.71. The molecule has 0 aliphatic rings. The van der Waals surface area contributed by atoms with Crippen LogP contribution < -0.4 is 0 Å². The summed E-state index contributed by atoms with van der Waals surface area (Å²) < 4.78 is 4.74. The second kappa shape index (κ2) is 4.60. The molecule has 2 nitrogen and oxygen atoms in total. The van der Waals surface area contributed by atoms with Crippen molar-refractivity contribution >= 4 is 17.3 Å². The molecule has 0 saturated heterocycles. The van der Waals surface area contributed by atoms with Crippen LogP contribution in [0.3, 0.4) is 0 Å². The lowest BCUT2D eigenvalue weighted by molar-refractivity contribution is 0.0605. The number of rotatable bonds is 3. The third-order valence-corrected chi connectivity index (χ3v) is 3.21. The monoisotopic (exact) mass is 212 g/mol. The number of aryl methyl sites for hydroxylation is 1. The van der Waals surface area contributed by atoms with Crippen molar-refractivity contribution in [2.45, 2.75) is 27.2 Å². The van der Waals surface area contributed by atoms with E-state index in [1.165, 1.54) is 24.0 Å². The van der Waals surface area contributed by atoms with E-state index >= 15 is 0 Å². The average molecular weight is 212 g/mol. The highest BCUT2D eigenvalue weighted by atomic mass is 32.1. The minimum Gasteiger partial charge on any atom is -0.465 e. The van der Waals surface area contributed by atoms with Crippen molar-refractivity contribution < 1.29 is 9.53 Å². The lowest BCUT2D eigenvalue weighted by Gasteiger charge is -2.06. The maximum atomic E-state index is 11.4. The van der Waals surface area contributed by atoms with Gasteiger partial charge in [-0.2, -0.15) is 0 Å². The number of ether oxygens (including phenoxy) is 1. The van der Waals surface area contributed by atoms with E-state index in [0.29, 0.717) is 5.92 Å². The predicted octanol–water partition coefficient (Wildman–Crippen LogP) is 3.04. The van der Waals surface area contributed by atoms with Crippen LogP contribution in [0.5, 0.6) is 0 Å². The molecule has 0 saturated carbocycles. The first-order valence-corrected chi connectivity index (χ1v) is 5.59. The van der Waals surface area contributed by atoms with Gasteiger partial charge in [-0.1, -0.05) is 13.8 Å². The van der Waals surface area contributed by atoms with E-state index in [4.69, 9.17) is 4.74 Å². The SMILES string of the molecule is COC(=O)c1scc(C)c1CC(C)C. The zero-order valence-corrected chi connectivity index (χ0v) is 9.90. The Balaban J connectivity index is 2.99. The second-order valence-corrected chi connectivity index (χ2v) is 4.70. The molecule has 3 heteroatoms. The Morgan fingerprint density at radius 2 is 2.21 bits per heavy atom. The summed E-state index contributed by atoms with van der Waals surface area (Å²) in [6, 6.07) is 0. The molecule has 0 aliphatic carbocycles. The third-order valence-electron chi connectivity index (χ3n) is 2.09. The fourth-order valence-corrected chi connectivity index (χ4v) is 2.40. The van der Waals surface area contributed by atoms with E-state index in [1.807, 2.05) is 12.3 Å². The Kier molecular flexibility index (Phi) is 3.69. The van der Waals surface area contributed by atoms with E-state index in [9.17, 15) is 4.79 Å². The van der Waals surface area contributed by atoms with Gasteiger partial charge in [0.15, 0.2) is 0 Å². The van der Waals surface area contributed by atoms with Gasteiger partial charge >= 0.3 is 5.97 Å². The molecular formula is C11H16O2S. The molecule has 0 aromatic carbocycles. The zero-order valence-electron chi connectivity index (χ0n) is 9.09. The number of hydrogen-bond acceptors (Lipinski definition) is 3. The van der Waals surface area contributed by atoms with E-state index < -0.39 is 0 Å². The average Bonchev–Trinajstić information content (AvgIpc) is 2.46. The van der Waals surface area contributed by atoms with Gasteiger partial charge in [-0.3, -0.25) is 0 Å². The molecule has 1 aromatic rings. The Bertz CT molecular complexity index is 326. The summed E-state index contributed by atoms with van der Waals surface area (Å²) in [5, 5.41) is 2.02. The fourth-order valence-electron chi connectivity index (χ4n) is 1.39. The first-order chi connectivity index (χ1) is 6.56. The van der Waals surface area contributed by atoms with Crippen LogP contribution >= 0.6 is 11.3 Å². The molecule has 14 heavy (non-hydrogen) atoms. The van der Waals surface area contributed by atoms with Gasteiger partial charge in [0.05, 0.1) is 7.11 Å². The van der Waals surface area contributed by atoms with Gasteiger partial charge in [0.25, 0.3) is 0 Å². The van der Waals surface area contributed by atoms with Gasteiger partial charge in [0.1, 0.15) is 4.88 Å². The smallest absolute Gasteiger partial charge is 0.348 e. The Hall–Kier alpha value is -0.830. The fraction of sp³-hybridized carbons (Fsp3) is 0.545. The highest BCUT2D eigenvalue weighted by Crippen LogP contribution is 2.25. The van der Waals surface area contributed by atoms with Crippen molar-refractivity contribution in [2.75, 3.05) is 7.11 Å². The molecule has 0 radical (unpaired) electrons. The van der Waals surface area contributed by atoms with Gasteiger partial charge in [-0.15, -0.1) is 11.3 Å². The van der Waals surface area contributed by atoms with Crippen LogP contribution in [0, 0.1) is 12.8 Å². The maximum Gasteiger partial charge on any atom is 0.348 e. The zero-order chi connectivity index (χ0) is 10.7. The van der Waals surface area contributed by atoms with Crippen molar-refractivity contribution in [1.29, 1.82) is 0 Å². The van der Waals surface area contributed by atoms with Gasteiger partial charge in [-0.25, -0.2) is 4.79 Å². The largest absolute Gasteiger partial charge is 0.465 e. The molecule has 0 aliphatic heterocycles. The highest BCUT2D eigenvalue weighted by Gasteiger charge is 2.16. The van der Waals surface area contributed by atoms with Gasteiger partial charge in [0.2, 0.25) is 0 Å². The van der Waals surface area contributed by atoms with E-state index in [2.05, 4.69) is 13.8 Å². The van der Waals surface area contributed by atoms with Crippen molar-refractivity contribution in [1.82, 2.24) is 0 Å². The summed E-state index contributed by atoms with van der Waals surface area (Å²) in [4.78, 5) is 12.2. The van der Waals surface area contributed by atoms with Crippen LogP contribution in [0.1, 0.15) is 34.6 Å². The molecule has 0 bridgehead atoms. The third kappa shape index (κ3) is 2.35. The lowest BCUT2D eigenvalue weighted by Crippen LogP contribution is -2.05. The summed E-state index contributed by atoms with van der Waals surface area (Å²) >= 11 is 1.48. The quantitative estimate of drug-likeness (QED) is 0.720. The van der Waals surface area contributed by atoms with Crippen LogP contribution in [-0.4, -0.2) is 13.1 Å². The Morgan fingerprint density at radius 1 is 1.57 bits per heavy atom. The normalized spacial score (nSPS) is 10.6. The second-order valence-electron chi connectivity index (χ2n) is 3.82. The maximum absolute atomic E-state index is 11.4. The standard InChI is InChI=1S/C11H16O2S/c1-7(2)5-9-8(3)6-14-10(9)11(12)13-4/h6-7H,5H2,1-4H3. The van der Waals surface area contributed by atoms with Crippen LogP contribution in [0.25, 0.3) is 0 Å². The summed E-state index contributed by atoms with van der Waals surface area (Å²) in [5.41, 5.74) is 2.35. The van der Waals surface area contributed by atoms with E-state index in [-0.39, 0.29) is 5.97 Å². The molecule has 1 rings (SSSR count). The van der Waals surface area contributed by atoms with Crippen molar-refractivity contribution in [3.63, 3.8) is 0 Å². The lowest BCUT2D eigenvalue weighted by atomic mass is 10.0. The van der Waals surface area contributed by atoms with E-state index in [0.717, 1.165) is 16.9 Å². The van der Waals surface area contributed by atoms with Gasteiger partial charge in [0, 0.05) is 0 Å². The topological polar surface area (TPSA) is 26.3 Å². The molecular weight excluding hydrogens is 196 g/mol. The van der Waals surface area contributed by atoms with Crippen molar-refractivity contribution in [3.8, 4) is 0 Å². The number of methoxy groups -OCH3 is 1. The van der Waals surface area contributed by atoms with Crippen LogP contribution in [-0.2, 0) is 11.2 Å². The molecule has 0 spiro atoms. The van der Waals surface area contributed by atoms with Gasteiger partial charge in [-0.05, 0) is 35.8 Å².